The number of carbonyl (C=O) groups excluding carboxylic acids is 1. The fourth-order valence-corrected chi connectivity index (χ4v) is 4.37. The molecular formula is C26H31N5O2. The first-order chi connectivity index (χ1) is 15.9. The van der Waals surface area contributed by atoms with Gasteiger partial charge in [-0.05, 0) is 37.7 Å². The van der Waals surface area contributed by atoms with Gasteiger partial charge in [-0.2, -0.15) is 5.10 Å². The van der Waals surface area contributed by atoms with Crippen LogP contribution >= 0.6 is 0 Å². The van der Waals surface area contributed by atoms with E-state index in [4.69, 9.17) is 4.74 Å². The maximum absolute atomic E-state index is 13.2. The molecule has 1 aliphatic rings. The second kappa shape index (κ2) is 9.98. The Morgan fingerprint density at radius 1 is 1.27 bits per heavy atom. The standard InChI is InChI=1S/C26H31N5O2/c1-18-7-5-9-21(11-18)24-12-19(2)15-31(24)26(32)20(3)8-6-10-33-25-13-23(27-17-28-25)22-14-29-30(4)16-22/h5,7,9,11,13-14,16-17,19,24H,3,6,8,10,12,15H2,1-2,4H3. The molecule has 4 rings (SSSR count). The monoisotopic (exact) mass is 445 g/mol. The summed E-state index contributed by atoms with van der Waals surface area (Å²) >= 11 is 0. The van der Waals surface area contributed by atoms with Crippen LogP contribution in [0.15, 0.2) is 61.2 Å². The van der Waals surface area contributed by atoms with Gasteiger partial charge in [0.1, 0.15) is 6.33 Å². The fraction of sp³-hybridized carbons (Fsp3) is 0.385. The second-order valence-corrected chi connectivity index (χ2v) is 8.93. The minimum Gasteiger partial charge on any atom is -0.478 e. The first-order valence-electron chi connectivity index (χ1n) is 11.4. The molecular weight excluding hydrogens is 414 g/mol. The van der Waals surface area contributed by atoms with Gasteiger partial charge in [-0.3, -0.25) is 9.48 Å². The average Bonchev–Trinajstić information content (AvgIpc) is 3.42. The van der Waals surface area contributed by atoms with E-state index >= 15 is 0 Å². The van der Waals surface area contributed by atoms with Gasteiger partial charge in [-0.1, -0.05) is 43.3 Å². The van der Waals surface area contributed by atoms with Crippen LogP contribution in [0.4, 0.5) is 0 Å². The fourth-order valence-electron chi connectivity index (χ4n) is 4.37. The summed E-state index contributed by atoms with van der Waals surface area (Å²) in [6, 6.07) is 10.4. The quantitative estimate of drug-likeness (QED) is 0.377. The van der Waals surface area contributed by atoms with Gasteiger partial charge < -0.3 is 9.64 Å². The number of benzene rings is 1. The van der Waals surface area contributed by atoms with E-state index in [0.717, 1.165) is 24.2 Å². The molecule has 0 radical (unpaired) electrons. The highest BCUT2D eigenvalue weighted by atomic mass is 16.5. The second-order valence-electron chi connectivity index (χ2n) is 8.93. The van der Waals surface area contributed by atoms with Crippen LogP contribution in [0.3, 0.4) is 0 Å². The Balaban J connectivity index is 1.30. The largest absolute Gasteiger partial charge is 0.478 e. The van der Waals surface area contributed by atoms with Crippen molar-refractivity contribution < 1.29 is 9.53 Å². The van der Waals surface area contributed by atoms with Crippen molar-refractivity contribution in [3.63, 3.8) is 0 Å². The molecule has 1 aliphatic heterocycles. The van der Waals surface area contributed by atoms with E-state index in [1.54, 1.807) is 16.9 Å². The summed E-state index contributed by atoms with van der Waals surface area (Å²) in [5, 5.41) is 4.17. The molecule has 1 aromatic carbocycles. The number of hydrogen-bond donors (Lipinski definition) is 0. The van der Waals surface area contributed by atoms with Crippen LogP contribution in [0.25, 0.3) is 11.3 Å². The zero-order valence-corrected chi connectivity index (χ0v) is 19.6. The molecule has 33 heavy (non-hydrogen) atoms. The lowest BCUT2D eigenvalue weighted by Gasteiger charge is -2.26. The highest BCUT2D eigenvalue weighted by Gasteiger charge is 2.34. The summed E-state index contributed by atoms with van der Waals surface area (Å²) in [6.07, 6.45) is 7.40. The molecule has 3 heterocycles. The highest BCUT2D eigenvalue weighted by Crippen LogP contribution is 2.36. The molecule has 7 nitrogen and oxygen atoms in total. The number of nitrogens with zero attached hydrogens (tertiary/aromatic N) is 5. The van der Waals surface area contributed by atoms with E-state index in [1.165, 1.54) is 17.5 Å². The summed E-state index contributed by atoms with van der Waals surface area (Å²) in [5.74, 6) is 1.03. The van der Waals surface area contributed by atoms with Crippen LogP contribution in [0, 0.1) is 12.8 Å². The summed E-state index contributed by atoms with van der Waals surface area (Å²) in [7, 11) is 1.86. The molecule has 0 aliphatic carbocycles. The molecule has 1 saturated heterocycles. The Kier molecular flexibility index (Phi) is 6.87. The summed E-state index contributed by atoms with van der Waals surface area (Å²) < 4.78 is 7.53. The number of ether oxygens (including phenoxy) is 1. The van der Waals surface area contributed by atoms with Crippen molar-refractivity contribution in [1.82, 2.24) is 24.6 Å². The van der Waals surface area contributed by atoms with E-state index in [2.05, 4.69) is 59.8 Å². The molecule has 0 spiro atoms. The number of aryl methyl sites for hydroxylation is 2. The lowest BCUT2D eigenvalue weighted by molar-refractivity contribution is -0.128. The van der Waals surface area contributed by atoms with E-state index in [-0.39, 0.29) is 11.9 Å². The van der Waals surface area contributed by atoms with Gasteiger partial charge in [0, 0.05) is 37.0 Å². The van der Waals surface area contributed by atoms with Gasteiger partial charge in [0.05, 0.1) is 24.5 Å². The van der Waals surface area contributed by atoms with Gasteiger partial charge in [0.2, 0.25) is 11.8 Å². The smallest absolute Gasteiger partial charge is 0.249 e. The maximum Gasteiger partial charge on any atom is 0.249 e. The number of aromatic nitrogens is 4. The van der Waals surface area contributed by atoms with Crippen LogP contribution < -0.4 is 4.74 Å². The Labute approximate surface area is 195 Å². The minimum absolute atomic E-state index is 0.0479. The molecule has 0 saturated carbocycles. The summed E-state index contributed by atoms with van der Waals surface area (Å²) in [4.78, 5) is 23.6. The van der Waals surface area contributed by atoms with Crippen molar-refractivity contribution in [2.75, 3.05) is 13.2 Å². The van der Waals surface area contributed by atoms with Crippen LogP contribution in [0.5, 0.6) is 5.88 Å². The van der Waals surface area contributed by atoms with E-state index in [9.17, 15) is 4.79 Å². The first kappa shape index (κ1) is 22.7. The Morgan fingerprint density at radius 3 is 2.88 bits per heavy atom. The SMILES string of the molecule is C=C(CCCOc1cc(-c2cnn(C)c2)ncn1)C(=O)N1CC(C)CC1c1cccc(C)c1. The summed E-state index contributed by atoms with van der Waals surface area (Å²) in [5.41, 5.74) is 4.72. The normalized spacial score (nSPS) is 17.8. The minimum atomic E-state index is 0.0479. The Bertz CT molecular complexity index is 1140. The molecule has 172 valence electrons. The van der Waals surface area contributed by atoms with E-state index < -0.39 is 0 Å². The predicted octanol–water partition coefficient (Wildman–Crippen LogP) is 4.51. The number of carbonyl (C=O) groups is 1. The molecule has 2 aromatic heterocycles. The number of rotatable bonds is 8. The van der Waals surface area contributed by atoms with Crippen LogP contribution in [0.1, 0.15) is 43.4 Å². The van der Waals surface area contributed by atoms with Crippen molar-refractivity contribution in [3.05, 3.63) is 72.3 Å². The third kappa shape index (κ3) is 5.48. The number of amides is 1. The van der Waals surface area contributed by atoms with Gasteiger partial charge in [-0.15, -0.1) is 0 Å². The van der Waals surface area contributed by atoms with Crippen molar-refractivity contribution >= 4 is 5.91 Å². The third-order valence-electron chi connectivity index (χ3n) is 6.02. The van der Waals surface area contributed by atoms with Gasteiger partial charge >= 0.3 is 0 Å². The topological polar surface area (TPSA) is 73.1 Å². The molecule has 1 amide bonds. The van der Waals surface area contributed by atoms with Gasteiger partial charge in [-0.25, -0.2) is 9.97 Å². The lowest BCUT2D eigenvalue weighted by Crippen LogP contribution is -2.32. The zero-order valence-electron chi connectivity index (χ0n) is 19.6. The van der Waals surface area contributed by atoms with Gasteiger partial charge in [0.15, 0.2) is 0 Å². The van der Waals surface area contributed by atoms with Crippen molar-refractivity contribution in [1.29, 1.82) is 0 Å². The average molecular weight is 446 g/mol. The van der Waals surface area contributed by atoms with E-state index in [0.29, 0.717) is 36.8 Å². The lowest BCUT2D eigenvalue weighted by atomic mass is 9.99. The third-order valence-corrected chi connectivity index (χ3v) is 6.02. The Morgan fingerprint density at radius 2 is 2.12 bits per heavy atom. The van der Waals surface area contributed by atoms with Gasteiger partial charge in [0.25, 0.3) is 0 Å². The van der Waals surface area contributed by atoms with E-state index in [1.807, 2.05) is 18.1 Å². The van der Waals surface area contributed by atoms with Crippen LogP contribution in [-0.4, -0.2) is 43.7 Å². The van der Waals surface area contributed by atoms with Crippen molar-refractivity contribution in [3.8, 4) is 17.1 Å². The summed E-state index contributed by atoms with van der Waals surface area (Å²) in [6.45, 7) is 9.60. The molecule has 0 bridgehead atoms. The molecule has 0 N–H and O–H groups in total. The molecule has 7 heteroatoms. The van der Waals surface area contributed by atoms with Crippen LogP contribution in [-0.2, 0) is 11.8 Å². The predicted molar refractivity (Wildman–Crippen MR) is 128 cm³/mol. The molecule has 2 unspecified atom stereocenters. The Hall–Kier alpha value is -3.48. The molecule has 3 aromatic rings. The molecule has 2 atom stereocenters. The zero-order chi connectivity index (χ0) is 23.4. The number of hydrogen-bond acceptors (Lipinski definition) is 5. The van der Waals surface area contributed by atoms with Crippen molar-refractivity contribution in [2.45, 2.75) is 39.2 Å². The molecule has 1 fully saturated rings. The van der Waals surface area contributed by atoms with Crippen LogP contribution in [0.2, 0.25) is 0 Å². The highest BCUT2D eigenvalue weighted by molar-refractivity contribution is 5.93. The first-order valence-corrected chi connectivity index (χ1v) is 11.4. The van der Waals surface area contributed by atoms with Crippen molar-refractivity contribution in [2.24, 2.45) is 13.0 Å². The maximum atomic E-state index is 13.2. The number of likely N-dealkylation sites (tertiary alicyclic amines) is 1.